The average molecular weight is 470 g/mol. The molecule has 0 atom stereocenters. The molecule has 5 rings (SSSR count). The van der Waals surface area contributed by atoms with E-state index in [9.17, 15) is 5.11 Å². The van der Waals surface area contributed by atoms with Gasteiger partial charge >= 0.3 is 17.1 Å². The van der Waals surface area contributed by atoms with Crippen molar-refractivity contribution in [2.45, 2.75) is 12.8 Å². The van der Waals surface area contributed by atoms with Gasteiger partial charge in [0.2, 0.25) is 0 Å². The van der Waals surface area contributed by atoms with E-state index in [1.165, 1.54) is 22.3 Å². The Morgan fingerprint density at radius 2 is 1.21 bits per heavy atom. The standard InChI is InChI=1S/C19H16O.C12H11.Fe/c20-19(17-9-5-2-6-10-17)18-12-11-16(14-18)13-15-7-3-1-4-8-15;1-2-6-11(7-3-1)10-12-8-4-5-9-12;/h1-12,14,20H,13H2;1-9H,10H2;/q;-1;+2/p-1. The second-order valence-electron chi connectivity index (χ2n) is 7.82. The van der Waals surface area contributed by atoms with E-state index in [4.69, 9.17) is 0 Å². The predicted molar refractivity (Wildman–Crippen MR) is 132 cm³/mol. The van der Waals surface area contributed by atoms with Crippen molar-refractivity contribution < 1.29 is 22.2 Å². The van der Waals surface area contributed by atoms with Crippen LogP contribution in [0.15, 0.2) is 145 Å². The Kier molecular flexibility index (Phi) is 9.20. The van der Waals surface area contributed by atoms with E-state index in [0.717, 1.165) is 24.0 Å². The largest absolute Gasteiger partial charge is 2.00 e. The first kappa shape index (κ1) is 24.2. The van der Waals surface area contributed by atoms with E-state index in [0.29, 0.717) is 0 Å². The molecule has 0 heterocycles. The molecule has 0 saturated carbocycles. The molecular formula is C31H26FeO. The first-order chi connectivity index (χ1) is 15.8. The molecule has 4 aromatic carbocycles. The van der Waals surface area contributed by atoms with Crippen molar-refractivity contribution >= 4 is 5.76 Å². The maximum Gasteiger partial charge on any atom is 2.00 e. The van der Waals surface area contributed by atoms with Crippen LogP contribution in [0.1, 0.15) is 22.3 Å². The molecule has 1 aliphatic rings. The SMILES string of the molecule is [Fe+2].[O-]C(=C1C=CC(Cc2ccccc2)=C1)c1ccccc1.c1ccc(Cc2ccc[cH-]2)cc1. The monoisotopic (exact) mass is 470 g/mol. The fraction of sp³-hybridized carbons (Fsp3) is 0.0645. The quantitative estimate of drug-likeness (QED) is 0.186. The zero-order valence-corrected chi connectivity index (χ0v) is 19.5. The van der Waals surface area contributed by atoms with E-state index in [2.05, 4.69) is 66.7 Å². The van der Waals surface area contributed by atoms with Gasteiger partial charge in [0.15, 0.2) is 0 Å². The molecule has 0 spiro atoms. The Labute approximate surface area is 207 Å². The summed E-state index contributed by atoms with van der Waals surface area (Å²) < 4.78 is 0. The van der Waals surface area contributed by atoms with Crippen molar-refractivity contribution in [3.8, 4) is 0 Å². The van der Waals surface area contributed by atoms with Gasteiger partial charge in [0.25, 0.3) is 0 Å². The summed E-state index contributed by atoms with van der Waals surface area (Å²) in [7, 11) is 0. The van der Waals surface area contributed by atoms with Gasteiger partial charge in [0, 0.05) is 0 Å². The molecule has 0 aromatic heterocycles. The minimum Gasteiger partial charge on any atom is -0.872 e. The molecular weight excluding hydrogens is 444 g/mol. The Morgan fingerprint density at radius 1 is 0.636 bits per heavy atom. The summed E-state index contributed by atoms with van der Waals surface area (Å²) in [5.74, 6) is 0.0879. The van der Waals surface area contributed by atoms with Gasteiger partial charge in [-0.15, -0.1) is 0 Å². The van der Waals surface area contributed by atoms with Crippen LogP contribution in [0.25, 0.3) is 5.76 Å². The summed E-state index contributed by atoms with van der Waals surface area (Å²) in [5.41, 5.74) is 6.71. The van der Waals surface area contributed by atoms with Gasteiger partial charge in [-0.05, 0) is 40.7 Å². The molecule has 0 bridgehead atoms. The molecule has 4 aromatic rings. The first-order valence-corrected chi connectivity index (χ1v) is 10.9. The zero-order chi connectivity index (χ0) is 22.0. The van der Waals surface area contributed by atoms with Crippen LogP contribution < -0.4 is 5.11 Å². The number of rotatable bonds is 5. The van der Waals surface area contributed by atoms with Crippen LogP contribution in [0.5, 0.6) is 0 Å². The van der Waals surface area contributed by atoms with Crippen LogP contribution in [0, 0.1) is 0 Å². The fourth-order valence-corrected chi connectivity index (χ4v) is 3.70. The molecule has 0 fully saturated rings. The van der Waals surface area contributed by atoms with Crippen LogP contribution in [0.4, 0.5) is 0 Å². The summed E-state index contributed by atoms with van der Waals surface area (Å²) in [6, 6.07) is 38.7. The Morgan fingerprint density at radius 3 is 1.79 bits per heavy atom. The van der Waals surface area contributed by atoms with Gasteiger partial charge in [0.05, 0.1) is 0 Å². The second kappa shape index (κ2) is 12.6. The predicted octanol–water partition coefficient (Wildman–Crippen LogP) is 6.49. The normalized spacial score (nSPS) is 13.4. The zero-order valence-electron chi connectivity index (χ0n) is 18.4. The summed E-state index contributed by atoms with van der Waals surface area (Å²) in [6.07, 6.45) is 7.84. The van der Waals surface area contributed by atoms with Crippen LogP contribution >= 0.6 is 0 Å². The van der Waals surface area contributed by atoms with Crippen molar-refractivity contribution in [2.24, 2.45) is 0 Å². The molecule has 0 N–H and O–H groups in total. The van der Waals surface area contributed by atoms with Gasteiger partial charge < -0.3 is 5.11 Å². The van der Waals surface area contributed by atoms with Gasteiger partial charge in [-0.3, -0.25) is 0 Å². The van der Waals surface area contributed by atoms with Crippen molar-refractivity contribution in [2.75, 3.05) is 0 Å². The Bertz CT molecular complexity index is 1190. The number of benzene rings is 3. The van der Waals surface area contributed by atoms with Gasteiger partial charge in [0.1, 0.15) is 0 Å². The van der Waals surface area contributed by atoms with Crippen LogP contribution in [0.3, 0.4) is 0 Å². The minimum absolute atomic E-state index is 0. The van der Waals surface area contributed by atoms with E-state index in [1.54, 1.807) is 0 Å². The Hall–Kier alpha value is -3.45. The van der Waals surface area contributed by atoms with Crippen LogP contribution in [0.2, 0.25) is 0 Å². The van der Waals surface area contributed by atoms with Crippen molar-refractivity contribution in [3.05, 3.63) is 167 Å². The molecule has 2 heteroatoms. The van der Waals surface area contributed by atoms with Crippen LogP contribution in [-0.4, -0.2) is 0 Å². The second-order valence-corrected chi connectivity index (χ2v) is 7.82. The fourth-order valence-electron chi connectivity index (χ4n) is 3.70. The average Bonchev–Trinajstić information content (AvgIpc) is 3.53. The number of allylic oxidation sites excluding steroid dienone is 5. The maximum absolute atomic E-state index is 12.3. The first-order valence-electron chi connectivity index (χ1n) is 10.9. The van der Waals surface area contributed by atoms with Crippen LogP contribution in [-0.2, 0) is 29.9 Å². The van der Waals surface area contributed by atoms with Gasteiger partial charge in [-0.1, -0.05) is 115 Å². The molecule has 0 saturated heterocycles. The topological polar surface area (TPSA) is 23.1 Å². The molecule has 0 radical (unpaired) electrons. The Balaban J connectivity index is 0.000000202. The molecule has 0 amide bonds. The van der Waals surface area contributed by atoms with Crippen molar-refractivity contribution in [1.82, 2.24) is 0 Å². The van der Waals surface area contributed by atoms with E-state index >= 15 is 0 Å². The summed E-state index contributed by atoms with van der Waals surface area (Å²) >= 11 is 0. The molecule has 0 unspecified atom stereocenters. The molecule has 33 heavy (non-hydrogen) atoms. The summed E-state index contributed by atoms with van der Waals surface area (Å²) in [5, 5.41) is 12.3. The third-order valence-corrected chi connectivity index (χ3v) is 5.35. The smallest absolute Gasteiger partial charge is 0.872 e. The summed E-state index contributed by atoms with van der Waals surface area (Å²) in [4.78, 5) is 0. The molecule has 1 aliphatic carbocycles. The summed E-state index contributed by atoms with van der Waals surface area (Å²) in [6.45, 7) is 0. The third kappa shape index (κ3) is 7.29. The molecule has 1 nitrogen and oxygen atoms in total. The molecule has 0 aliphatic heterocycles. The van der Waals surface area contributed by atoms with Gasteiger partial charge in [-0.25, -0.2) is 12.1 Å². The van der Waals surface area contributed by atoms with Gasteiger partial charge in [-0.2, -0.15) is 17.7 Å². The number of hydrogen-bond donors (Lipinski definition) is 0. The van der Waals surface area contributed by atoms with E-state index in [1.807, 2.05) is 66.8 Å². The minimum atomic E-state index is 0. The maximum atomic E-state index is 12.3. The van der Waals surface area contributed by atoms with E-state index in [-0.39, 0.29) is 22.8 Å². The van der Waals surface area contributed by atoms with Crippen molar-refractivity contribution in [1.29, 1.82) is 0 Å². The molecule has 164 valence electrons. The van der Waals surface area contributed by atoms with E-state index < -0.39 is 0 Å². The number of hydrogen-bond acceptors (Lipinski definition) is 1. The third-order valence-electron chi connectivity index (χ3n) is 5.35. The van der Waals surface area contributed by atoms with Crippen molar-refractivity contribution in [3.63, 3.8) is 0 Å².